The van der Waals surface area contributed by atoms with Crippen LogP contribution in [0.25, 0.3) is 21.9 Å². The molecule has 0 spiro atoms. The molecule has 0 amide bonds. The number of benzene rings is 2. The number of nitrogens with zero attached hydrogens (tertiary/aromatic N) is 2. The Kier molecular flexibility index (Phi) is 6.80. The van der Waals surface area contributed by atoms with Gasteiger partial charge in [0.1, 0.15) is 5.58 Å². The van der Waals surface area contributed by atoms with E-state index in [-0.39, 0.29) is 11.2 Å². The largest absolute Gasteiger partial charge is 0.422 e. The Labute approximate surface area is 191 Å². The Morgan fingerprint density at radius 2 is 1.81 bits per heavy atom. The van der Waals surface area contributed by atoms with Gasteiger partial charge in [0.2, 0.25) is 0 Å². The van der Waals surface area contributed by atoms with Gasteiger partial charge in [0, 0.05) is 23.8 Å². The first-order valence-corrected chi connectivity index (χ1v) is 12.1. The molecule has 0 aliphatic rings. The summed E-state index contributed by atoms with van der Waals surface area (Å²) in [5.41, 5.74) is 3.93. The van der Waals surface area contributed by atoms with E-state index in [1.165, 1.54) is 11.8 Å². The number of aryl methyl sites for hydroxylation is 2. The van der Waals surface area contributed by atoms with Crippen LogP contribution in [0.3, 0.4) is 0 Å². The van der Waals surface area contributed by atoms with Crippen molar-refractivity contribution in [2.75, 3.05) is 0 Å². The number of hydrogen-bond donors (Lipinski definition) is 0. The fraction of sp³-hybridized carbons (Fsp3) is 0.346. The number of aromatic nitrogens is 2. The lowest BCUT2D eigenvalue weighted by atomic mass is 10.0. The Morgan fingerprint density at radius 3 is 2.62 bits per heavy atom. The molecule has 0 aliphatic heterocycles. The topological polar surface area (TPSA) is 65.1 Å². The van der Waals surface area contributed by atoms with Gasteiger partial charge in [-0.25, -0.2) is 9.78 Å². The van der Waals surface area contributed by atoms with Crippen LogP contribution in [0.1, 0.15) is 49.3 Å². The summed E-state index contributed by atoms with van der Waals surface area (Å²) in [4.78, 5) is 30.3. The summed E-state index contributed by atoms with van der Waals surface area (Å²) in [6.45, 7) is 6.80. The first kappa shape index (κ1) is 22.3. The normalized spacial score (nSPS) is 11.5. The SMILES string of the molecule is CCCCCCn1c(SCc2cc(=O)oc3c(C)c(C)ccc23)nc2ccccc2c1=O. The van der Waals surface area contributed by atoms with Crippen molar-refractivity contribution in [2.45, 2.75) is 63.9 Å². The highest BCUT2D eigenvalue weighted by molar-refractivity contribution is 7.98. The molecule has 6 heteroatoms. The van der Waals surface area contributed by atoms with Crippen molar-refractivity contribution < 1.29 is 4.42 Å². The van der Waals surface area contributed by atoms with Crippen LogP contribution in [0.5, 0.6) is 0 Å². The third-order valence-corrected chi connectivity index (χ3v) is 6.96. The molecule has 0 aliphatic carbocycles. The van der Waals surface area contributed by atoms with Crippen molar-refractivity contribution in [3.63, 3.8) is 0 Å². The third kappa shape index (κ3) is 4.51. The number of fused-ring (bicyclic) bond motifs is 2. The van der Waals surface area contributed by atoms with Crippen LogP contribution in [0.15, 0.2) is 61.6 Å². The van der Waals surface area contributed by atoms with Gasteiger partial charge >= 0.3 is 5.63 Å². The summed E-state index contributed by atoms with van der Waals surface area (Å²) in [5.74, 6) is 0.532. The second-order valence-electron chi connectivity index (χ2n) is 8.19. The highest BCUT2D eigenvalue weighted by atomic mass is 32.2. The predicted molar refractivity (Wildman–Crippen MR) is 132 cm³/mol. The van der Waals surface area contributed by atoms with Gasteiger partial charge in [0.15, 0.2) is 5.16 Å². The molecule has 4 aromatic rings. The van der Waals surface area contributed by atoms with Crippen LogP contribution < -0.4 is 11.2 Å². The van der Waals surface area contributed by atoms with Gasteiger partial charge in [0.05, 0.1) is 10.9 Å². The maximum absolute atomic E-state index is 13.2. The molecule has 0 unspecified atom stereocenters. The van der Waals surface area contributed by atoms with E-state index in [1.54, 1.807) is 10.6 Å². The van der Waals surface area contributed by atoms with E-state index in [2.05, 4.69) is 6.92 Å². The molecule has 0 N–H and O–H groups in total. The predicted octanol–water partition coefficient (Wildman–Crippen LogP) is 5.99. The van der Waals surface area contributed by atoms with Crippen molar-refractivity contribution in [1.82, 2.24) is 9.55 Å². The van der Waals surface area contributed by atoms with E-state index in [1.807, 2.05) is 50.2 Å². The Morgan fingerprint density at radius 1 is 1.00 bits per heavy atom. The first-order chi connectivity index (χ1) is 15.5. The highest BCUT2D eigenvalue weighted by Gasteiger charge is 2.14. The number of hydrogen-bond acceptors (Lipinski definition) is 5. The molecule has 0 atom stereocenters. The lowest BCUT2D eigenvalue weighted by Crippen LogP contribution is -2.23. The molecular formula is C26H28N2O3S. The highest BCUT2D eigenvalue weighted by Crippen LogP contribution is 2.28. The minimum atomic E-state index is -0.356. The van der Waals surface area contributed by atoms with Crippen molar-refractivity contribution in [2.24, 2.45) is 0 Å². The number of thioether (sulfide) groups is 1. The second-order valence-corrected chi connectivity index (χ2v) is 9.13. The molecule has 0 saturated carbocycles. The number of para-hydroxylation sites is 1. The van der Waals surface area contributed by atoms with Crippen LogP contribution in [0, 0.1) is 13.8 Å². The van der Waals surface area contributed by atoms with Gasteiger partial charge in [-0.2, -0.15) is 0 Å². The van der Waals surface area contributed by atoms with E-state index in [4.69, 9.17) is 9.40 Å². The lowest BCUT2D eigenvalue weighted by molar-refractivity contribution is 0.531. The Balaban J connectivity index is 1.72. The zero-order valence-corrected chi connectivity index (χ0v) is 19.6. The van der Waals surface area contributed by atoms with Crippen molar-refractivity contribution >= 4 is 33.6 Å². The molecular weight excluding hydrogens is 420 g/mol. The molecule has 4 rings (SSSR count). The fourth-order valence-electron chi connectivity index (χ4n) is 3.94. The summed E-state index contributed by atoms with van der Waals surface area (Å²) in [7, 11) is 0. The van der Waals surface area contributed by atoms with Crippen LogP contribution in [0.2, 0.25) is 0 Å². The van der Waals surface area contributed by atoms with Crippen LogP contribution >= 0.6 is 11.8 Å². The molecule has 2 aromatic heterocycles. The third-order valence-electron chi connectivity index (χ3n) is 5.94. The molecule has 0 radical (unpaired) electrons. The van der Waals surface area contributed by atoms with Gasteiger partial charge in [-0.3, -0.25) is 9.36 Å². The Bertz CT molecular complexity index is 1390. The van der Waals surface area contributed by atoms with Crippen molar-refractivity contribution in [3.8, 4) is 0 Å². The summed E-state index contributed by atoms with van der Waals surface area (Å²) < 4.78 is 7.30. The van der Waals surface area contributed by atoms with Gasteiger partial charge < -0.3 is 4.42 Å². The van der Waals surface area contributed by atoms with Gasteiger partial charge in [0.25, 0.3) is 5.56 Å². The summed E-state index contributed by atoms with van der Waals surface area (Å²) in [6.07, 6.45) is 4.33. The average Bonchev–Trinajstić information content (AvgIpc) is 2.79. The molecule has 2 heterocycles. The number of unbranched alkanes of at least 4 members (excludes halogenated alkanes) is 3. The smallest absolute Gasteiger partial charge is 0.336 e. The Hall–Kier alpha value is -2.86. The lowest BCUT2D eigenvalue weighted by Gasteiger charge is -2.14. The maximum atomic E-state index is 13.2. The van der Waals surface area contributed by atoms with Crippen molar-refractivity contribution in [1.29, 1.82) is 0 Å². The summed E-state index contributed by atoms with van der Waals surface area (Å²) in [6, 6.07) is 13.1. The van der Waals surface area contributed by atoms with E-state index < -0.39 is 0 Å². The first-order valence-electron chi connectivity index (χ1n) is 11.1. The van der Waals surface area contributed by atoms with Crippen molar-refractivity contribution in [3.05, 3.63) is 79.9 Å². The summed E-state index contributed by atoms with van der Waals surface area (Å²) in [5, 5.41) is 2.26. The zero-order chi connectivity index (χ0) is 22.7. The quantitative estimate of drug-likeness (QED) is 0.143. The van der Waals surface area contributed by atoms with Crippen LogP contribution in [-0.4, -0.2) is 9.55 Å². The van der Waals surface area contributed by atoms with Gasteiger partial charge in [-0.05, 0) is 49.1 Å². The fourth-order valence-corrected chi connectivity index (χ4v) is 4.95. The molecule has 2 aromatic carbocycles. The van der Waals surface area contributed by atoms with E-state index in [0.717, 1.165) is 47.8 Å². The molecule has 5 nitrogen and oxygen atoms in total. The van der Waals surface area contributed by atoms with Crippen LogP contribution in [0.4, 0.5) is 0 Å². The number of rotatable bonds is 8. The van der Waals surface area contributed by atoms with Gasteiger partial charge in [-0.15, -0.1) is 0 Å². The van der Waals surface area contributed by atoms with Crippen LogP contribution in [-0.2, 0) is 12.3 Å². The summed E-state index contributed by atoms with van der Waals surface area (Å²) >= 11 is 1.50. The molecule has 0 bridgehead atoms. The molecule has 166 valence electrons. The monoisotopic (exact) mass is 448 g/mol. The zero-order valence-electron chi connectivity index (χ0n) is 18.8. The average molecular weight is 449 g/mol. The van der Waals surface area contributed by atoms with E-state index in [0.29, 0.717) is 33.9 Å². The minimum Gasteiger partial charge on any atom is -0.422 e. The van der Waals surface area contributed by atoms with Gasteiger partial charge in [-0.1, -0.05) is 62.2 Å². The van der Waals surface area contributed by atoms with E-state index >= 15 is 0 Å². The van der Waals surface area contributed by atoms with E-state index in [9.17, 15) is 9.59 Å². The standard InChI is InChI=1S/C26H28N2O3S/c1-4-5-6-9-14-28-25(30)21-10-7-8-11-22(21)27-26(28)32-16-19-15-23(29)31-24-18(3)17(2)12-13-20(19)24/h7-8,10-13,15H,4-6,9,14,16H2,1-3H3. The maximum Gasteiger partial charge on any atom is 0.336 e. The molecule has 32 heavy (non-hydrogen) atoms. The molecule has 0 saturated heterocycles. The second kappa shape index (κ2) is 9.74. The molecule has 0 fully saturated rings. The minimum absolute atomic E-state index is 0.00139.